The lowest BCUT2D eigenvalue weighted by Crippen LogP contribution is -2.38. The van der Waals surface area contributed by atoms with Gasteiger partial charge in [-0.1, -0.05) is 0 Å². The molecule has 0 saturated carbocycles. The molecule has 4 nitrogen and oxygen atoms in total. The quantitative estimate of drug-likeness (QED) is 0.781. The van der Waals surface area contributed by atoms with Crippen LogP contribution in [0.4, 0.5) is 0 Å². The summed E-state index contributed by atoms with van der Waals surface area (Å²) in [5.41, 5.74) is 2.83. The van der Waals surface area contributed by atoms with E-state index in [1.54, 1.807) is 12.1 Å². The lowest BCUT2D eigenvalue weighted by Gasteiger charge is -2.35. The van der Waals surface area contributed by atoms with Gasteiger partial charge in [-0.15, -0.1) is 0 Å². The molecule has 0 spiro atoms. The van der Waals surface area contributed by atoms with Crippen molar-refractivity contribution >= 4 is 16.7 Å². The van der Waals surface area contributed by atoms with Crippen molar-refractivity contribution in [3.8, 4) is 5.75 Å². The maximum Gasteiger partial charge on any atom is 0.179 e. The van der Waals surface area contributed by atoms with Gasteiger partial charge in [0.15, 0.2) is 5.78 Å². The van der Waals surface area contributed by atoms with Crippen LogP contribution in [0.3, 0.4) is 0 Å². The average molecular weight is 284 g/mol. The summed E-state index contributed by atoms with van der Waals surface area (Å²) < 4.78 is 0. The second-order valence-corrected chi connectivity index (χ2v) is 6.61. The Bertz CT molecular complexity index is 719. The van der Waals surface area contributed by atoms with Crippen LogP contribution in [0.2, 0.25) is 0 Å². The Morgan fingerprint density at radius 2 is 2.14 bits per heavy atom. The fraction of sp³-hybridized carbons (Fsp3) is 0.471. The number of phenols is 1. The zero-order chi connectivity index (χ0) is 14.6. The summed E-state index contributed by atoms with van der Waals surface area (Å²) in [7, 11) is 2.16. The van der Waals surface area contributed by atoms with Crippen LogP contribution in [-0.4, -0.2) is 40.9 Å². The number of carbonyl (C=O) groups is 1. The van der Waals surface area contributed by atoms with Crippen LogP contribution in [0.15, 0.2) is 18.2 Å². The number of phenolic OH excluding ortho intramolecular Hbond substituents is 1. The third-order valence-corrected chi connectivity index (χ3v) is 5.18. The van der Waals surface area contributed by atoms with E-state index in [0.717, 1.165) is 48.1 Å². The molecule has 2 aromatic rings. The maximum atomic E-state index is 12.6. The molecular weight excluding hydrogens is 264 g/mol. The number of likely N-dealkylation sites (tertiary alicyclic amines) is 1. The van der Waals surface area contributed by atoms with E-state index in [4.69, 9.17) is 0 Å². The number of aromatic nitrogens is 1. The molecule has 2 heterocycles. The molecule has 0 bridgehead atoms. The van der Waals surface area contributed by atoms with Crippen LogP contribution in [0.25, 0.3) is 10.9 Å². The van der Waals surface area contributed by atoms with Crippen LogP contribution in [0.1, 0.15) is 28.9 Å². The number of piperidine rings is 1. The van der Waals surface area contributed by atoms with Crippen molar-refractivity contribution in [1.82, 2.24) is 9.88 Å². The second-order valence-electron chi connectivity index (χ2n) is 6.61. The number of Topliss-reactive ketones (excluding diaryl/α,β-unsaturated/α-hetero) is 1. The summed E-state index contributed by atoms with van der Waals surface area (Å²) in [6, 6.07) is 5.31. The Balaban J connectivity index is 1.83. The van der Waals surface area contributed by atoms with Crippen LogP contribution >= 0.6 is 0 Å². The van der Waals surface area contributed by atoms with Gasteiger partial charge >= 0.3 is 0 Å². The van der Waals surface area contributed by atoms with E-state index in [1.165, 1.54) is 0 Å². The number of fused-ring (bicyclic) bond motifs is 4. The minimum absolute atomic E-state index is 0.234. The van der Waals surface area contributed by atoms with Crippen molar-refractivity contribution in [1.29, 1.82) is 0 Å². The number of nitrogens with one attached hydrogen (secondary N) is 1. The molecule has 2 atom stereocenters. The molecule has 0 radical (unpaired) electrons. The molecule has 2 N–H and O–H groups in total. The number of aromatic amines is 1. The first-order valence-electron chi connectivity index (χ1n) is 7.67. The number of rotatable bonds is 0. The minimum atomic E-state index is 0.234. The van der Waals surface area contributed by atoms with Crippen LogP contribution in [0.5, 0.6) is 5.75 Å². The fourth-order valence-electron chi connectivity index (χ4n) is 4.05. The summed E-state index contributed by atoms with van der Waals surface area (Å²) in [5, 5.41) is 10.8. The Kier molecular flexibility index (Phi) is 2.82. The first-order valence-corrected chi connectivity index (χ1v) is 7.67. The van der Waals surface area contributed by atoms with E-state index < -0.39 is 0 Å². The third kappa shape index (κ3) is 2.05. The van der Waals surface area contributed by atoms with Gasteiger partial charge in [-0.05, 0) is 62.0 Å². The van der Waals surface area contributed by atoms with Crippen molar-refractivity contribution < 1.29 is 9.90 Å². The highest BCUT2D eigenvalue weighted by molar-refractivity contribution is 6.03. The molecule has 4 heteroatoms. The van der Waals surface area contributed by atoms with E-state index in [1.807, 2.05) is 6.07 Å². The van der Waals surface area contributed by atoms with Gasteiger partial charge < -0.3 is 15.0 Å². The predicted molar refractivity (Wildman–Crippen MR) is 81.7 cm³/mol. The Hall–Kier alpha value is -1.81. The summed E-state index contributed by atoms with van der Waals surface area (Å²) >= 11 is 0. The highest BCUT2D eigenvalue weighted by Crippen LogP contribution is 2.37. The molecule has 110 valence electrons. The molecule has 1 aromatic carbocycles. The van der Waals surface area contributed by atoms with Crippen molar-refractivity contribution in [3.63, 3.8) is 0 Å². The molecule has 1 aromatic heterocycles. The van der Waals surface area contributed by atoms with Gasteiger partial charge in [0, 0.05) is 23.9 Å². The summed E-state index contributed by atoms with van der Waals surface area (Å²) in [6.07, 6.45) is 2.70. The summed E-state index contributed by atoms with van der Waals surface area (Å²) in [5.74, 6) is 1.54. The number of carbonyl (C=O) groups excluding carboxylic acids is 1. The maximum absolute atomic E-state index is 12.6. The van der Waals surface area contributed by atoms with Crippen molar-refractivity contribution in [2.24, 2.45) is 11.8 Å². The number of nitrogens with zero attached hydrogens (tertiary/aromatic N) is 1. The zero-order valence-electron chi connectivity index (χ0n) is 12.2. The standard InChI is InChI=1S/C17H20N2O2/c1-19-5-4-10-7-16(21)17-14(6-11(10)9-19)13-8-12(20)2-3-15(13)18-17/h2-3,8,10-11,18,20H,4-7,9H2,1H3. The molecule has 0 amide bonds. The Labute approximate surface area is 123 Å². The van der Waals surface area contributed by atoms with Gasteiger partial charge in [0.2, 0.25) is 0 Å². The van der Waals surface area contributed by atoms with Crippen LogP contribution in [0, 0.1) is 11.8 Å². The topological polar surface area (TPSA) is 56.3 Å². The van der Waals surface area contributed by atoms with E-state index in [9.17, 15) is 9.90 Å². The van der Waals surface area contributed by atoms with Gasteiger partial charge in [0.25, 0.3) is 0 Å². The van der Waals surface area contributed by atoms with Gasteiger partial charge in [-0.3, -0.25) is 4.79 Å². The van der Waals surface area contributed by atoms with Crippen LogP contribution in [-0.2, 0) is 6.42 Å². The lowest BCUT2D eigenvalue weighted by atomic mass is 9.81. The SMILES string of the molecule is CN1CCC2CC(=O)c3[nH]c4ccc(O)cc4c3CC2C1. The summed E-state index contributed by atoms with van der Waals surface area (Å²) in [4.78, 5) is 18.2. The fourth-order valence-corrected chi connectivity index (χ4v) is 4.05. The number of hydrogen-bond donors (Lipinski definition) is 2. The smallest absolute Gasteiger partial charge is 0.179 e. The molecule has 2 aliphatic rings. The van der Waals surface area contributed by atoms with E-state index in [0.29, 0.717) is 18.3 Å². The van der Waals surface area contributed by atoms with E-state index in [2.05, 4.69) is 16.9 Å². The number of aromatic hydroxyl groups is 1. The first kappa shape index (κ1) is 12.9. The van der Waals surface area contributed by atoms with Crippen LogP contribution < -0.4 is 0 Å². The second kappa shape index (κ2) is 4.60. The highest BCUT2D eigenvalue weighted by atomic mass is 16.3. The molecule has 21 heavy (non-hydrogen) atoms. The van der Waals surface area contributed by atoms with Gasteiger partial charge in [-0.25, -0.2) is 0 Å². The predicted octanol–water partition coefficient (Wildman–Crippen LogP) is 2.57. The molecule has 1 fully saturated rings. The number of hydrogen-bond acceptors (Lipinski definition) is 3. The Morgan fingerprint density at radius 1 is 1.29 bits per heavy atom. The average Bonchev–Trinajstić information content (AvgIpc) is 2.73. The number of ketones is 1. The molecule has 2 unspecified atom stereocenters. The lowest BCUT2D eigenvalue weighted by molar-refractivity contribution is 0.0886. The monoisotopic (exact) mass is 284 g/mol. The number of benzene rings is 1. The van der Waals surface area contributed by atoms with Gasteiger partial charge in [0.05, 0.1) is 5.69 Å². The Morgan fingerprint density at radius 3 is 3.00 bits per heavy atom. The minimum Gasteiger partial charge on any atom is -0.508 e. The van der Waals surface area contributed by atoms with Crippen molar-refractivity contribution in [2.75, 3.05) is 20.1 Å². The normalized spacial score (nSPS) is 26.4. The third-order valence-electron chi connectivity index (χ3n) is 5.18. The molecule has 4 rings (SSSR count). The molecule has 1 aliphatic heterocycles. The van der Waals surface area contributed by atoms with Gasteiger partial charge in [0.1, 0.15) is 5.75 Å². The number of H-pyrrole nitrogens is 1. The first-order chi connectivity index (χ1) is 10.1. The van der Waals surface area contributed by atoms with E-state index >= 15 is 0 Å². The van der Waals surface area contributed by atoms with E-state index in [-0.39, 0.29) is 11.5 Å². The largest absolute Gasteiger partial charge is 0.508 e. The zero-order valence-corrected chi connectivity index (χ0v) is 12.2. The molecule has 1 saturated heterocycles. The van der Waals surface area contributed by atoms with Gasteiger partial charge in [-0.2, -0.15) is 0 Å². The molecule has 1 aliphatic carbocycles. The highest BCUT2D eigenvalue weighted by Gasteiger charge is 2.35. The summed E-state index contributed by atoms with van der Waals surface area (Å²) in [6.45, 7) is 2.15. The van der Waals surface area contributed by atoms with Crippen molar-refractivity contribution in [3.05, 3.63) is 29.5 Å². The molecular formula is C17H20N2O2. The van der Waals surface area contributed by atoms with Crippen molar-refractivity contribution in [2.45, 2.75) is 19.3 Å².